The van der Waals surface area contributed by atoms with Crippen LogP contribution in [0.1, 0.15) is 343 Å². The molecule has 0 aromatic carbocycles. The summed E-state index contributed by atoms with van der Waals surface area (Å²) in [4.78, 5) is 38.1. The zero-order valence-electron chi connectivity index (χ0n) is 46.0. The second kappa shape index (κ2) is 53.8. The molecule has 67 heavy (non-hydrogen) atoms. The second-order valence-corrected chi connectivity index (χ2v) is 21.7. The molecule has 0 heterocycles. The minimum Gasteiger partial charge on any atom is -0.462 e. The van der Waals surface area contributed by atoms with Crippen LogP contribution in [0.25, 0.3) is 0 Å². The van der Waals surface area contributed by atoms with Crippen LogP contribution in [0.3, 0.4) is 0 Å². The van der Waals surface area contributed by atoms with Crippen molar-refractivity contribution in [1.82, 2.24) is 0 Å². The fraction of sp³-hybridized carbons (Fsp3) is 0.951. The maximum atomic E-state index is 12.8. The van der Waals surface area contributed by atoms with Crippen LogP contribution in [0.5, 0.6) is 0 Å². The van der Waals surface area contributed by atoms with Crippen molar-refractivity contribution in [3.63, 3.8) is 0 Å². The van der Waals surface area contributed by atoms with Crippen molar-refractivity contribution in [3.05, 3.63) is 0 Å². The smallest absolute Gasteiger partial charge is 0.306 e. The fourth-order valence-electron chi connectivity index (χ4n) is 9.37. The molecule has 0 aliphatic carbocycles. The van der Waals surface area contributed by atoms with Crippen LogP contribution >= 0.6 is 0 Å². The Labute approximate surface area is 418 Å². The highest BCUT2D eigenvalue weighted by Gasteiger charge is 2.19. The van der Waals surface area contributed by atoms with Crippen molar-refractivity contribution in [2.75, 3.05) is 13.2 Å². The Morgan fingerprint density at radius 3 is 0.851 bits per heavy atom. The first-order valence-corrected chi connectivity index (χ1v) is 30.3. The quantitative estimate of drug-likeness (QED) is 0.0343. The molecule has 0 N–H and O–H groups in total. The Kier molecular flexibility index (Phi) is 52.5. The van der Waals surface area contributed by atoms with Crippen molar-refractivity contribution in [2.24, 2.45) is 11.8 Å². The minimum absolute atomic E-state index is 0.0624. The number of unbranched alkanes of at least 4 members (excludes halogenated alkanes) is 39. The molecule has 0 bridgehead atoms. The minimum atomic E-state index is -0.762. The molecule has 6 heteroatoms. The van der Waals surface area contributed by atoms with E-state index in [9.17, 15) is 14.4 Å². The molecular formula is C61H118O6. The van der Waals surface area contributed by atoms with Gasteiger partial charge in [0.05, 0.1) is 0 Å². The average Bonchev–Trinajstić information content (AvgIpc) is 3.31. The predicted octanol–water partition coefficient (Wildman–Crippen LogP) is 20.0. The van der Waals surface area contributed by atoms with Gasteiger partial charge in [0, 0.05) is 19.3 Å². The number of hydrogen-bond donors (Lipinski definition) is 0. The number of carbonyl (C=O) groups is 3. The molecule has 0 radical (unpaired) electrons. The van der Waals surface area contributed by atoms with E-state index >= 15 is 0 Å². The van der Waals surface area contributed by atoms with E-state index in [4.69, 9.17) is 14.2 Å². The Balaban J connectivity index is 4.18. The molecule has 0 saturated carbocycles. The summed E-state index contributed by atoms with van der Waals surface area (Å²) in [7, 11) is 0. The van der Waals surface area contributed by atoms with E-state index in [0.717, 1.165) is 69.6 Å². The van der Waals surface area contributed by atoms with Crippen molar-refractivity contribution in [2.45, 2.75) is 349 Å². The third kappa shape index (κ3) is 53.6. The Hall–Kier alpha value is -1.59. The normalized spacial score (nSPS) is 12.4. The topological polar surface area (TPSA) is 78.9 Å². The number of ether oxygens (including phenoxy) is 3. The molecule has 0 aliphatic heterocycles. The van der Waals surface area contributed by atoms with Gasteiger partial charge in [-0.15, -0.1) is 0 Å². The number of esters is 3. The van der Waals surface area contributed by atoms with E-state index in [1.54, 1.807) is 0 Å². The molecule has 398 valence electrons. The molecule has 0 aliphatic rings. The van der Waals surface area contributed by atoms with E-state index in [1.165, 1.54) is 231 Å². The summed E-state index contributed by atoms with van der Waals surface area (Å²) >= 11 is 0. The zero-order chi connectivity index (χ0) is 48.9. The first kappa shape index (κ1) is 65.4. The molecule has 0 saturated heterocycles. The monoisotopic (exact) mass is 947 g/mol. The molecule has 0 aromatic heterocycles. The van der Waals surface area contributed by atoms with Crippen LogP contribution in [0, 0.1) is 11.8 Å². The van der Waals surface area contributed by atoms with Gasteiger partial charge in [0.15, 0.2) is 6.10 Å². The second-order valence-electron chi connectivity index (χ2n) is 21.7. The Morgan fingerprint density at radius 1 is 0.313 bits per heavy atom. The highest BCUT2D eigenvalue weighted by atomic mass is 16.6. The maximum absolute atomic E-state index is 12.8. The third-order valence-corrected chi connectivity index (χ3v) is 14.3. The molecule has 0 spiro atoms. The van der Waals surface area contributed by atoms with Crippen LogP contribution in [-0.4, -0.2) is 37.2 Å². The van der Waals surface area contributed by atoms with Gasteiger partial charge in [0.2, 0.25) is 0 Å². The van der Waals surface area contributed by atoms with Gasteiger partial charge in [-0.25, -0.2) is 0 Å². The maximum Gasteiger partial charge on any atom is 0.306 e. The van der Waals surface area contributed by atoms with Crippen LogP contribution in [0.2, 0.25) is 0 Å². The van der Waals surface area contributed by atoms with Gasteiger partial charge in [-0.1, -0.05) is 304 Å². The van der Waals surface area contributed by atoms with Crippen molar-refractivity contribution >= 4 is 17.9 Å². The van der Waals surface area contributed by atoms with Crippen LogP contribution in [0.4, 0.5) is 0 Å². The molecule has 2 atom stereocenters. The van der Waals surface area contributed by atoms with Gasteiger partial charge >= 0.3 is 17.9 Å². The van der Waals surface area contributed by atoms with Gasteiger partial charge in [-0.2, -0.15) is 0 Å². The highest BCUT2D eigenvalue weighted by molar-refractivity contribution is 5.71. The first-order valence-electron chi connectivity index (χ1n) is 30.3. The molecule has 0 aromatic rings. The lowest BCUT2D eigenvalue weighted by Crippen LogP contribution is -2.30. The standard InChI is InChI=1S/C61H118O6/c1-6-8-9-10-11-12-31-38-43-48-53-61(64)67-58(55-66-60(63)52-47-42-37-33-28-24-20-19-22-26-30-35-40-45-50-57(5)7-2)54-65-59(62)51-46-41-36-32-27-23-18-16-14-13-15-17-21-25-29-34-39-44-49-56(3)4/h56-58H,6-55H2,1-5H3/t57?,58-/m1/s1. The average molecular weight is 948 g/mol. The van der Waals surface area contributed by atoms with Gasteiger partial charge < -0.3 is 14.2 Å². The SMILES string of the molecule is CCCCCCCCCCCCC(=O)O[C@H](COC(=O)CCCCCCCCCCCCCCCCCCCCC(C)C)COC(=O)CCCCCCCCCCCCCCCCC(C)CC. The first-order chi connectivity index (χ1) is 32.8. The molecule has 0 fully saturated rings. The summed E-state index contributed by atoms with van der Waals surface area (Å²) in [6.45, 7) is 11.5. The van der Waals surface area contributed by atoms with Gasteiger partial charge in [0.25, 0.3) is 0 Å². The predicted molar refractivity (Wildman–Crippen MR) is 289 cm³/mol. The number of rotatable bonds is 55. The Morgan fingerprint density at radius 2 is 0.567 bits per heavy atom. The van der Waals surface area contributed by atoms with E-state index < -0.39 is 6.10 Å². The van der Waals surface area contributed by atoms with Crippen LogP contribution < -0.4 is 0 Å². The third-order valence-electron chi connectivity index (χ3n) is 14.3. The summed E-state index contributed by atoms with van der Waals surface area (Å²) in [5.41, 5.74) is 0. The van der Waals surface area contributed by atoms with E-state index in [-0.39, 0.29) is 31.1 Å². The molecule has 0 rings (SSSR count). The highest BCUT2D eigenvalue weighted by Crippen LogP contribution is 2.19. The molecule has 6 nitrogen and oxygen atoms in total. The molecular weight excluding hydrogens is 829 g/mol. The van der Waals surface area contributed by atoms with Crippen molar-refractivity contribution < 1.29 is 28.6 Å². The number of hydrogen-bond acceptors (Lipinski definition) is 6. The summed E-state index contributed by atoms with van der Waals surface area (Å²) < 4.78 is 16.9. The summed E-state index contributed by atoms with van der Waals surface area (Å²) in [6, 6.07) is 0. The van der Waals surface area contributed by atoms with Gasteiger partial charge in [-0.05, 0) is 31.1 Å². The Bertz CT molecular complexity index is 1030. The van der Waals surface area contributed by atoms with Gasteiger partial charge in [0.1, 0.15) is 13.2 Å². The van der Waals surface area contributed by atoms with Crippen molar-refractivity contribution in [3.8, 4) is 0 Å². The van der Waals surface area contributed by atoms with E-state index in [0.29, 0.717) is 19.3 Å². The lowest BCUT2D eigenvalue weighted by Gasteiger charge is -2.18. The van der Waals surface area contributed by atoms with E-state index in [2.05, 4.69) is 34.6 Å². The van der Waals surface area contributed by atoms with Crippen molar-refractivity contribution in [1.29, 1.82) is 0 Å². The van der Waals surface area contributed by atoms with Crippen LogP contribution in [0.15, 0.2) is 0 Å². The van der Waals surface area contributed by atoms with Crippen LogP contribution in [-0.2, 0) is 28.6 Å². The zero-order valence-corrected chi connectivity index (χ0v) is 46.0. The fourth-order valence-corrected chi connectivity index (χ4v) is 9.37. The summed E-state index contributed by atoms with van der Waals surface area (Å²) in [5, 5.41) is 0. The lowest BCUT2D eigenvalue weighted by atomic mass is 9.99. The molecule has 1 unspecified atom stereocenters. The summed E-state index contributed by atoms with van der Waals surface area (Å²) in [6.07, 6.45) is 58.1. The van der Waals surface area contributed by atoms with Gasteiger partial charge in [-0.3, -0.25) is 14.4 Å². The van der Waals surface area contributed by atoms with E-state index in [1.807, 2.05) is 0 Å². The summed E-state index contributed by atoms with van der Waals surface area (Å²) in [5.74, 6) is 0.917. The molecule has 0 amide bonds. The lowest BCUT2D eigenvalue weighted by molar-refractivity contribution is -0.167. The number of carbonyl (C=O) groups excluding carboxylic acids is 3. The largest absolute Gasteiger partial charge is 0.462 e.